The normalized spacial score (nSPS) is 11.0. The molecule has 0 radical (unpaired) electrons. The van der Waals surface area contributed by atoms with Gasteiger partial charge in [0.1, 0.15) is 0 Å². The first-order chi connectivity index (χ1) is 13.4. The maximum atomic E-state index is 11.9. The molecule has 0 unspecified atom stereocenters. The highest BCUT2D eigenvalue weighted by molar-refractivity contribution is 7.90. The van der Waals surface area contributed by atoms with Crippen LogP contribution in [0.1, 0.15) is 15.9 Å². The molecule has 1 amide bonds. The number of amides is 1. The summed E-state index contributed by atoms with van der Waals surface area (Å²) >= 11 is 0. The number of halogens is 3. The van der Waals surface area contributed by atoms with Crippen LogP contribution in [0, 0.1) is 6.92 Å². The highest BCUT2D eigenvalue weighted by atomic mass is 32.2. The fourth-order valence-electron chi connectivity index (χ4n) is 1.64. The van der Waals surface area contributed by atoms with Crippen molar-refractivity contribution in [2.75, 3.05) is 17.6 Å². The molecule has 0 spiro atoms. The van der Waals surface area contributed by atoms with E-state index in [1.54, 1.807) is 42.7 Å². The monoisotopic (exact) mass is 434 g/mol. The summed E-state index contributed by atoms with van der Waals surface area (Å²) in [4.78, 5) is 28.6. The van der Waals surface area contributed by atoms with Crippen LogP contribution in [0.5, 0.6) is 0 Å². The summed E-state index contributed by atoms with van der Waals surface area (Å²) in [5.74, 6) is -3.32. The average molecular weight is 434 g/mol. The Morgan fingerprint density at radius 1 is 1.10 bits per heavy atom. The SMILES string of the molecule is Cc1ccc(C(=O)NS(=O)(=O)CCNc2ncccn2)cc1.O=C(O)C(F)(F)F. The molecule has 1 aromatic heterocycles. The Kier molecular flexibility index (Phi) is 8.51. The number of nitrogens with zero attached hydrogens (tertiary/aromatic N) is 2. The first-order valence-corrected chi connectivity index (χ1v) is 9.48. The largest absolute Gasteiger partial charge is 0.490 e. The molecule has 0 fully saturated rings. The predicted octanol–water partition coefficient (Wildman–Crippen LogP) is 1.59. The molecule has 0 aliphatic carbocycles. The maximum Gasteiger partial charge on any atom is 0.490 e. The molecule has 158 valence electrons. The summed E-state index contributed by atoms with van der Waals surface area (Å²) in [5, 5.41) is 9.89. The molecule has 0 aliphatic heterocycles. The Labute approximate surface area is 164 Å². The number of aliphatic carboxylic acids is 1. The maximum absolute atomic E-state index is 11.9. The average Bonchev–Trinajstić information content (AvgIpc) is 2.62. The molecule has 0 aliphatic rings. The third kappa shape index (κ3) is 9.51. The van der Waals surface area contributed by atoms with Crippen molar-refractivity contribution in [2.24, 2.45) is 0 Å². The zero-order valence-corrected chi connectivity index (χ0v) is 15.8. The van der Waals surface area contributed by atoms with Crippen molar-refractivity contribution in [1.29, 1.82) is 0 Å². The van der Waals surface area contributed by atoms with Gasteiger partial charge >= 0.3 is 12.1 Å². The Hall–Kier alpha value is -3.22. The molecule has 0 atom stereocenters. The number of carboxylic acids is 1. The smallest absolute Gasteiger partial charge is 0.475 e. The first-order valence-electron chi connectivity index (χ1n) is 7.83. The third-order valence-corrected chi connectivity index (χ3v) is 4.26. The third-order valence-electron chi connectivity index (χ3n) is 3.02. The van der Waals surface area contributed by atoms with Crippen LogP contribution in [0.3, 0.4) is 0 Å². The van der Waals surface area contributed by atoms with Gasteiger partial charge in [-0.1, -0.05) is 17.7 Å². The molecular formula is C16H17F3N4O5S. The van der Waals surface area contributed by atoms with Crippen LogP contribution in [-0.4, -0.2) is 53.8 Å². The number of nitrogens with one attached hydrogen (secondary N) is 2. The van der Waals surface area contributed by atoms with Gasteiger partial charge in [-0.3, -0.25) is 4.79 Å². The molecule has 1 heterocycles. The number of anilines is 1. The molecule has 0 bridgehead atoms. The lowest BCUT2D eigenvalue weighted by atomic mass is 10.1. The summed E-state index contributed by atoms with van der Waals surface area (Å²) in [6, 6.07) is 8.31. The quantitative estimate of drug-likeness (QED) is 0.623. The van der Waals surface area contributed by atoms with Gasteiger partial charge in [-0.2, -0.15) is 13.2 Å². The van der Waals surface area contributed by atoms with Gasteiger partial charge in [-0.25, -0.2) is 27.9 Å². The van der Waals surface area contributed by atoms with Crippen LogP contribution in [0.4, 0.5) is 19.1 Å². The number of aromatic nitrogens is 2. The summed E-state index contributed by atoms with van der Waals surface area (Å²) in [6.45, 7) is 1.98. The van der Waals surface area contributed by atoms with Gasteiger partial charge < -0.3 is 10.4 Å². The molecule has 29 heavy (non-hydrogen) atoms. The molecule has 0 saturated carbocycles. The van der Waals surface area contributed by atoms with Crippen LogP contribution in [0.2, 0.25) is 0 Å². The van der Waals surface area contributed by atoms with Gasteiger partial charge in [0.05, 0.1) is 5.75 Å². The minimum Gasteiger partial charge on any atom is -0.475 e. The number of benzene rings is 1. The van der Waals surface area contributed by atoms with Crippen molar-refractivity contribution in [3.8, 4) is 0 Å². The lowest BCUT2D eigenvalue weighted by Gasteiger charge is -2.08. The first kappa shape index (κ1) is 23.8. The Morgan fingerprint density at radius 3 is 2.10 bits per heavy atom. The number of carbonyl (C=O) groups is 2. The lowest BCUT2D eigenvalue weighted by molar-refractivity contribution is -0.192. The molecule has 13 heteroatoms. The van der Waals surface area contributed by atoms with Gasteiger partial charge in [0.25, 0.3) is 5.91 Å². The summed E-state index contributed by atoms with van der Waals surface area (Å²) in [5.41, 5.74) is 1.29. The van der Waals surface area contributed by atoms with Crippen molar-refractivity contribution >= 4 is 27.8 Å². The second-order valence-corrected chi connectivity index (χ2v) is 7.26. The zero-order chi connectivity index (χ0) is 22.1. The number of carboxylic acid groups (broad SMARTS) is 1. The van der Waals surface area contributed by atoms with E-state index in [9.17, 15) is 26.4 Å². The second-order valence-electron chi connectivity index (χ2n) is 5.42. The van der Waals surface area contributed by atoms with E-state index in [0.29, 0.717) is 11.5 Å². The molecule has 3 N–H and O–H groups in total. The number of alkyl halides is 3. The van der Waals surface area contributed by atoms with Crippen molar-refractivity contribution in [2.45, 2.75) is 13.1 Å². The summed E-state index contributed by atoms with van der Waals surface area (Å²) < 4.78 is 57.5. The highest BCUT2D eigenvalue weighted by Gasteiger charge is 2.38. The lowest BCUT2D eigenvalue weighted by Crippen LogP contribution is -2.34. The van der Waals surface area contributed by atoms with Crippen LogP contribution >= 0.6 is 0 Å². The van der Waals surface area contributed by atoms with E-state index in [2.05, 4.69) is 15.3 Å². The van der Waals surface area contributed by atoms with Crippen LogP contribution in [-0.2, 0) is 14.8 Å². The van der Waals surface area contributed by atoms with Crippen LogP contribution in [0.25, 0.3) is 0 Å². The molecular weight excluding hydrogens is 417 g/mol. The van der Waals surface area contributed by atoms with Crippen LogP contribution < -0.4 is 10.0 Å². The van der Waals surface area contributed by atoms with Gasteiger partial charge in [-0.05, 0) is 25.1 Å². The molecule has 9 nitrogen and oxygen atoms in total. The molecule has 2 rings (SSSR count). The van der Waals surface area contributed by atoms with Gasteiger partial charge in [0.15, 0.2) is 0 Å². The number of sulfonamides is 1. The van der Waals surface area contributed by atoms with Crippen molar-refractivity contribution in [3.63, 3.8) is 0 Å². The van der Waals surface area contributed by atoms with Gasteiger partial charge in [0, 0.05) is 24.5 Å². The van der Waals surface area contributed by atoms with E-state index in [1.807, 2.05) is 11.6 Å². The fraction of sp³-hybridized carbons (Fsp3) is 0.250. The molecule has 1 aromatic carbocycles. The standard InChI is InChI=1S/C14H16N4O3S.C2HF3O2/c1-11-3-5-12(6-4-11)13(19)18-22(20,21)10-9-17-14-15-7-2-8-16-14;3-2(4,5)1(6)7/h2-8H,9-10H2,1H3,(H,18,19)(H,15,16,17);(H,6,7). The van der Waals surface area contributed by atoms with E-state index in [4.69, 9.17) is 9.90 Å². The number of hydrogen-bond acceptors (Lipinski definition) is 7. The summed E-state index contributed by atoms with van der Waals surface area (Å²) in [7, 11) is -3.73. The van der Waals surface area contributed by atoms with Crippen LogP contribution in [0.15, 0.2) is 42.7 Å². The van der Waals surface area contributed by atoms with E-state index in [-0.39, 0.29) is 12.3 Å². The van der Waals surface area contributed by atoms with E-state index in [1.165, 1.54) is 0 Å². The molecule has 0 saturated heterocycles. The van der Waals surface area contributed by atoms with Gasteiger partial charge in [-0.15, -0.1) is 0 Å². The number of hydrogen-bond donors (Lipinski definition) is 3. The molecule has 2 aromatic rings. The Bertz CT molecular complexity index is 920. The fourth-order valence-corrected chi connectivity index (χ4v) is 2.52. The predicted molar refractivity (Wildman–Crippen MR) is 96.6 cm³/mol. The minimum atomic E-state index is -5.08. The van der Waals surface area contributed by atoms with E-state index in [0.717, 1.165) is 5.56 Å². The van der Waals surface area contributed by atoms with Gasteiger partial charge in [0.2, 0.25) is 16.0 Å². The Morgan fingerprint density at radius 2 is 1.62 bits per heavy atom. The Balaban J connectivity index is 0.000000516. The second kappa shape index (κ2) is 10.4. The number of rotatable bonds is 6. The summed E-state index contributed by atoms with van der Waals surface area (Å²) in [6.07, 6.45) is -1.99. The number of carbonyl (C=O) groups excluding carboxylic acids is 1. The topological polar surface area (TPSA) is 138 Å². The number of aryl methyl sites for hydroxylation is 1. The van der Waals surface area contributed by atoms with Crippen molar-refractivity contribution in [1.82, 2.24) is 14.7 Å². The van der Waals surface area contributed by atoms with E-state index >= 15 is 0 Å². The zero-order valence-electron chi connectivity index (χ0n) is 15.0. The van der Waals surface area contributed by atoms with Crippen molar-refractivity contribution in [3.05, 3.63) is 53.9 Å². The minimum absolute atomic E-state index is 0.0977. The van der Waals surface area contributed by atoms with E-state index < -0.39 is 28.1 Å². The highest BCUT2D eigenvalue weighted by Crippen LogP contribution is 2.13. The van der Waals surface area contributed by atoms with Crippen molar-refractivity contribution < 1.29 is 36.3 Å².